The Bertz CT molecular complexity index is 642. The number of carbonyl (C=O) groups is 2. The quantitative estimate of drug-likeness (QED) is 0.861. The highest BCUT2D eigenvalue weighted by atomic mass is 35.5. The molecule has 0 atom stereocenters. The second kappa shape index (κ2) is 6.67. The van der Waals surface area contributed by atoms with Gasteiger partial charge in [0.25, 0.3) is 0 Å². The van der Waals surface area contributed by atoms with Gasteiger partial charge in [-0.05, 0) is 19.1 Å². The van der Waals surface area contributed by atoms with E-state index in [4.69, 9.17) is 16.3 Å². The van der Waals surface area contributed by atoms with E-state index in [-0.39, 0.29) is 24.7 Å². The number of esters is 1. The van der Waals surface area contributed by atoms with Crippen LogP contribution in [0.15, 0.2) is 17.6 Å². The molecular formula is C13H13ClN2O3S. The molecule has 0 unspecified atom stereocenters. The Morgan fingerprint density at radius 2 is 2.20 bits per heavy atom. The maximum absolute atomic E-state index is 11.8. The van der Waals surface area contributed by atoms with Gasteiger partial charge in [0.2, 0.25) is 5.91 Å². The van der Waals surface area contributed by atoms with Crippen LogP contribution in [-0.2, 0) is 14.3 Å². The van der Waals surface area contributed by atoms with E-state index in [0.29, 0.717) is 22.8 Å². The van der Waals surface area contributed by atoms with Gasteiger partial charge < -0.3 is 10.1 Å². The Morgan fingerprint density at radius 3 is 2.95 bits per heavy atom. The summed E-state index contributed by atoms with van der Waals surface area (Å²) in [6.07, 6.45) is 0.0972. The molecule has 1 aromatic heterocycles. The highest BCUT2D eigenvalue weighted by molar-refractivity contribution is 7.16. The number of halogens is 1. The van der Waals surface area contributed by atoms with Gasteiger partial charge in [-0.1, -0.05) is 11.6 Å². The number of hydrogen-bond acceptors (Lipinski definition) is 5. The highest BCUT2D eigenvalue weighted by Gasteiger charge is 2.13. The Kier molecular flexibility index (Phi) is 4.92. The molecule has 1 heterocycles. The smallest absolute Gasteiger partial charge is 0.306 e. The van der Waals surface area contributed by atoms with E-state index >= 15 is 0 Å². The molecule has 0 spiro atoms. The number of hydrogen-bond donors (Lipinski definition) is 1. The molecule has 0 saturated carbocycles. The molecule has 106 valence electrons. The lowest BCUT2D eigenvalue weighted by Crippen LogP contribution is -2.15. The van der Waals surface area contributed by atoms with E-state index in [0.717, 1.165) is 4.70 Å². The third-order valence-corrected chi connectivity index (χ3v) is 3.69. The SMILES string of the molecule is CCOC(=O)CCC(=O)Nc1c(Cl)ccc2scnc12. The summed E-state index contributed by atoms with van der Waals surface area (Å²) in [5, 5.41) is 3.13. The number of benzene rings is 1. The van der Waals surface area contributed by atoms with Crippen LogP contribution in [0.2, 0.25) is 5.02 Å². The van der Waals surface area contributed by atoms with E-state index in [2.05, 4.69) is 10.3 Å². The minimum Gasteiger partial charge on any atom is -0.466 e. The lowest BCUT2D eigenvalue weighted by Gasteiger charge is -2.08. The molecule has 1 N–H and O–H groups in total. The molecule has 0 aliphatic rings. The fourth-order valence-electron chi connectivity index (χ4n) is 1.68. The van der Waals surface area contributed by atoms with Gasteiger partial charge in [0.05, 0.1) is 33.9 Å². The number of nitrogens with zero attached hydrogens (tertiary/aromatic N) is 1. The molecule has 0 bridgehead atoms. The fourth-order valence-corrected chi connectivity index (χ4v) is 2.56. The molecule has 0 saturated heterocycles. The first kappa shape index (κ1) is 14.7. The first-order chi connectivity index (χ1) is 9.61. The van der Waals surface area contributed by atoms with E-state index in [1.165, 1.54) is 11.3 Å². The molecule has 0 fully saturated rings. The summed E-state index contributed by atoms with van der Waals surface area (Å²) in [4.78, 5) is 27.2. The van der Waals surface area contributed by atoms with Gasteiger partial charge in [-0.25, -0.2) is 4.98 Å². The lowest BCUT2D eigenvalue weighted by atomic mass is 10.2. The van der Waals surface area contributed by atoms with Crippen LogP contribution < -0.4 is 5.32 Å². The summed E-state index contributed by atoms with van der Waals surface area (Å²) in [6.45, 7) is 2.03. The number of anilines is 1. The van der Waals surface area contributed by atoms with Crippen molar-refractivity contribution in [3.05, 3.63) is 22.7 Å². The zero-order valence-corrected chi connectivity index (χ0v) is 12.4. The van der Waals surface area contributed by atoms with Crippen molar-refractivity contribution in [3.63, 3.8) is 0 Å². The highest BCUT2D eigenvalue weighted by Crippen LogP contribution is 2.32. The third-order valence-electron chi connectivity index (χ3n) is 2.58. The van der Waals surface area contributed by atoms with Crippen LogP contribution in [0.3, 0.4) is 0 Å². The van der Waals surface area contributed by atoms with Gasteiger partial charge in [0.15, 0.2) is 0 Å². The molecule has 0 aliphatic carbocycles. The van der Waals surface area contributed by atoms with Crippen LogP contribution in [0.5, 0.6) is 0 Å². The van der Waals surface area contributed by atoms with Crippen LogP contribution in [0.1, 0.15) is 19.8 Å². The summed E-state index contributed by atoms with van der Waals surface area (Å²) >= 11 is 7.54. The van der Waals surface area contributed by atoms with Crippen LogP contribution in [0, 0.1) is 0 Å². The van der Waals surface area contributed by atoms with Crippen molar-refractivity contribution in [2.75, 3.05) is 11.9 Å². The van der Waals surface area contributed by atoms with Crippen molar-refractivity contribution in [1.82, 2.24) is 4.98 Å². The monoisotopic (exact) mass is 312 g/mol. The molecule has 5 nitrogen and oxygen atoms in total. The normalized spacial score (nSPS) is 10.5. The lowest BCUT2D eigenvalue weighted by molar-refractivity contribution is -0.144. The van der Waals surface area contributed by atoms with Crippen molar-refractivity contribution < 1.29 is 14.3 Å². The average molecular weight is 313 g/mol. The summed E-state index contributed by atoms with van der Waals surface area (Å²) in [5.41, 5.74) is 2.83. The maximum atomic E-state index is 11.8. The molecule has 2 aromatic rings. The predicted octanol–water partition coefficient (Wildman–Crippen LogP) is 3.23. The first-order valence-electron chi connectivity index (χ1n) is 6.09. The molecule has 20 heavy (non-hydrogen) atoms. The average Bonchev–Trinajstić information content (AvgIpc) is 2.89. The molecular weight excluding hydrogens is 300 g/mol. The zero-order valence-electron chi connectivity index (χ0n) is 10.8. The number of rotatable bonds is 5. The first-order valence-corrected chi connectivity index (χ1v) is 7.34. The van der Waals surface area contributed by atoms with E-state index in [1.807, 2.05) is 6.07 Å². The van der Waals surface area contributed by atoms with Crippen molar-refractivity contribution in [2.45, 2.75) is 19.8 Å². The number of fused-ring (bicyclic) bond motifs is 1. The largest absolute Gasteiger partial charge is 0.466 e. The molecule has 0 aliphatic heterocycles. The number of thiazole rings is 1. The van der Waals surface area contributed by atoms with Crippen molar-refractivity contribution in [3.8, 4) is 0 Å². The number of amides is 1. The minimum atomic E-state index is -0.388. The molecule has 2 rings (SSSR count). The maximum Gasteiger partial charge on any atom is 0.306 e. The third kappa shape index (κ3) is 3.46. The standard InChI is InChI=1S/C13H13ClN2O3S/c1-2-19-11(18)6-5-10(17)16-12-8(14)3-4-9-13(12)15-7-20-9/h3-4,7H,2,5-6H2,1H3,(H,16,17). The Morgan fingerprint density at radius 1 is 1.40 bits per heavy atom. The van der Waals surface area contributed by atoms with E-state index in [1.54, 1.807) is 18.5 Å². The second-order valence-corrected chi connectivity index (χ2v) is 5.27. The number of nitrogens with one attached hydrogen (secondary N) is 1. The van der Waals surface area contributed by atoms with Crippen molar-refractivity contribution in [1.29, 1.82) is 0 Å². The summed E-state index contributed by atoms with van der Waals surface area (Å²) in [5.74, 6) is -0.680. The van der Waals surface area contributed by atoms with Crippen LogP contribution >= 0.6 is 22.9 Å². The van der Waals surface area contributed by atoms with Gasteiger partial charge in [0, 0.05) is 6.42 Å². The van der Waals surface area contributed by atoms with E-state index < -0.39 is 0 Å². The minimum absolute atomic E-state index is 0.0460. The van der Waals surface area contributed by atoms with Crippen molar-refractivity contribution in [2.24, 2.45) is 0 Å². The molecule has 1 aromatic carbocycles. The molecule has 0 radical (unpaired) electrons. The van der Waals surface area contributed by atoms with Crippen LogP contribution in [0.25, 0.3) is 10.2 Å². The van der Waals surface area contributed by atoms with Gasteiger partial charge >= 0.3 is 5.97 Å². The Labute approximate surface area is 124 Å². The molecule has 7 heteroatoms. The summed E-state index contributed by atoms with van der Waals surface area (Å²) in [7, 11) is 0. The van der Waals surface area contributed by atoms with Gasteiger partial charge in [-0.15, -0.1) is 11.3 Å². The van der Waals surface area contributed by atoms with Crippen LogP contribution in [0.4, 0.5) is 5.69 Å². The second-order valence-electron chi connectivity index (χ2n) is 3.97. The number of carbonyl (C=O) groups excluding carboxylic acids is 2. The fraction of sp³-hybridized carbons (Fsp3) is 0.308. The number of aromatic nitrogens is 1. The van der Waals surface area contributed by atoms with Crippen LogP contribution in [-0.4, -0.2) is 23.5 Å². The predicted molar refractivity (Wildman–Crippen MR) is 79.1 cm³/mol. The topological polar surface area (TPSA) is 68.3 Å². The van der Waals surface area contributed by atoms with E-state index in [9.17, 15) is 9.59 Å². The Hall–Kier alpha value is -1.66. The molecule has 1 amide bonds. The number of ether oxygens (including phenoxy) is 1. The Balaban J connectivity index is 2.04. The van der Waals surface area contributed by atoms with Gasteiger partial charge in [-0.2, -0.15) is 0 Å². The van der Waals surface area contributed by atoms with Gasteiger partial charge in [-0.3, -0.25) is 9.59 Å². The van der Waals surface area contributed by atoms with Crippen molar-refractivity contribution >= 4 is 50.7 Å². The van der Waals surface area contributed by atoms with Gasteiger partial charge in [0.1, 0.15) is 5.52 Å². The summed E-state index contributed by atoms with van der Waals surface area (Å²) in [6, 6.07) is 3.56. The summed E-state index contributed by atoms with van der Waals surface area (Å²) < 4.78 is 5.71. The zero-order chi connectivity index (χ0) is 14.5.